The largest absolute Gasteiger partial charge is 0.492 e. The van der Waals surface area contributed by atoms with Crippen LogP contribution >= 0.6 is 11.3 Å². The van der Waals surface area contributed by atoms with E-state index >= 15 is 0 Å². The maximum absolute atomic E-state index is 12.1. The molecule has 3 rings (SSSR count). The van der Waals surface area contributed by atoms with Crippen LogP contribution in [0.3, 0.4) is 0 Å². The van der Waals surface area contributed by atoms with Gasteiger partial charge in [0.25, 0.3) is 5.91 Å². The molecule has 0 aliphatic heterocycles. The van der Waals surface area contributed by atoms with E-state index in [1.165, 1.54) is 16.9 Å². The number of hydrogen-bond acceptors (Lipinski definition) is 4. The summed E-state index contributed by atoms with van der Waals surface area (Å²) in [6, 6.07) is 17.7. The number of carbonyl (C=O) groups is 1. The van der Waals surface area contributed by atoms with Gasteiger partial charge in [-0.15, -0.1) is 11.3 Å². The molecule has 0 aliphatic rings. The van der Waals surface area contributed by atoms with Crippen LogP contribution in [0.25, 0.3) is 10.6 Å². The zero-order chi connectivity index (χ0) is 16.8. The monoisotopic (exact) mass is 338 g/mol. The Hall–Kier alpha value is -2.66. The van der Waals surface area contributed by atoms with Crippen molar-refractivity contribution in [3.63, 3.8) is 0 Å². The maximum Gasteiger partial charge on any atom is 0.270 e. The highest BCUT2D eigenvalue weighted by molar-refractivity contribution is 7.13. The standard InChI is InChI=1S/C19H18N2O2S/c1-14-7-9-16(10-8-14)23-12-11-20-18(22)17-13-24-19(21-17)15-5-3-2-4-6-15/h2-10,13H,11-12H2,1H3,(H,20,22). The fourth-order valence-electron chi connectivity index (χ4n) is 2.15. The number of ether oxygens (including phenoxy) is 1. The summed E-state index contributed by atoms with van der Waals surface area (Å²) < 4.78 is 5.59. The molecule has 1 amide bonds. The molecule has 0 saturated carbocycles. The van der Waals surface area contributed by atoms with Crippen LogP contribution in [0.1, 0.15) is 16.1 Å². The third-order valence-electron chi connectivity index (χ3n) is 3.43. The van der Waals surface area contributed by atoms with Gasteiger partial charge >= 0.3 is 0 Å². The minimum Gasteiger partial charge on any atom is -0.492 e. The average molecular weight is 338 g/mol. The number of nitrogens with zero attached hydrogens (tertiary/aromatic N) is 1. The molecular weight excluding hydrogens is 320 g/mol. The predicted molar refractivity (Wildman–Crippen MR) is 96.6 cm³/mol. The Bertz CT molecular complexity index is 798. The van der Waals surface area contributed by atoms with Gasteiger partial charge in [0, 0.05) is 10.9 Å². The third-order valence-corrected chi connectivity index (χ3v) is 4.33. The fourth-order valence-corrected chi connectivity index (χ4v) is 2.96. The molecule has 1 aromatic heterocycles. The molecule has 1 heterocycles. The lowest BCUT2D eigenvalue weighted by Crippen LogP contribution is -2.28. The fraction of sp³-hybridized carbons (Fsp3) is 0.158. The Balaban J connectivity index is 1.49. The lowest BCUT2D eigenvalue weighted by molar-refractivity contribution is 0.0943. The normalized spacial score (nSPS) is 10.4. The van der Waals surface area contributed by atoms with Crippen molar-refractivity contribution in [1.29, 1.82) is 0 Å². The summed E-state index contributed by atoms with van der Waals surface area (Å²) in [6.45, 7) is 2.89. The Kier molecular flexibility index (Phi) is 5.23. The average Bonchev–Trinajstić information content (AvgIpc) is 3.11. The van der Waals surface area contributed by atoms with Crippen molar-refractivity contribution in [1.82, 2.24) is 10.3 Å². The summed E-state index contributed by atoms with van der Waals surface area (Å²) in [5, 5.41) is 5.45. The highest BCUT2D eigenvalue weighted by Crippen LogP contribution is 2.23. The summed E-state index contributed by atoms with van der Waals surface area (Å²) in [5.74, 6) is 0.621. The van der Waals surface area contributed by atoms with Crippen molar-refractivity contribution in [2.45, 2.75) is 6.92 Å². The number of nitrogens with one attached hydrogen (secondary N) is 1. The topological polar surface area (TPSA) is 51.2 Å². The smallest absolute Gasteiger partial charge is 0.270 e. The Morgan fingerprint density at radius 2 is 1.88 bits per heavy atom. The van der Waals surface area contributed by atoms with Crippen molar-refractivity contribution < 1.29 is 9.53 Å². The summed E-state index contributed by atoms with van der Waals surface area (Å²) >= 11 is 1.47. The minimum absolute atomic E-state index is 0.180. The quantitative estimate of drug-likeness (QED) is 0.693. The lowest BCUT2D eigenvalue weighted by atomic mass is 10.2. The summed E-state index contributed by atoms with van der Waals surface area (Å²) in [4.78, 5) is 16.5. The number of hydrogen-bond donors (Lipinski definition) is 1. The second kappa shape index (κ2) is 7.75. The highest BCUT2D eigenvalue weighted by Gasteiger charge is 2.11. The molecular formula is C19H18N2O2S. The number of amides is 1. The first-order valence-corrected chi connectivity index (χ1v) is 8.59. The summed E-state index contributed by atoms with van der Waals surface area (Å²) in [6.07, 6.45) is 0. The van der Waals surface area contributed by atoms with E-state index in [9.17, 15) is 4.79 Å². The molecule has 2 aromatic carbocycles. The first kappa shape index (κ1) is 16.2. The van der Waals surface area contributed by atoms with Gasteiger partial charge in [0.05, 0.1) is 6.54 Å². The molecule has 0 fully saturated rings. The minimum atomic E-state index is -0.180. The van der Waals surface area contributed by atoms with E-state index in [2.05, 4.69) is 10.3 Å². The molecule has 24 heavy (non-hydrogen) atoms. The van der Waals surface area contributed by atoms with Crippen molar-refractivity contribution in [3.8, 4) is 16.3 Å². The Morgan fingerprint density at radius 1 is 1.12 bits per heavy atom. The van der Waals surface area contributed by atoms with Crippen molar-refractivity contribution in [3.05, 3.63) is 71.2 Å². The molecule has 3 aromatic rings. The van der Waals surface area contributed by atoms with E-state index < -0.39 is 0 Å². The molecule has 4 nitrogen and oxygen atoms in total. The molecule has 0 unspecified atom stereocenters. The molecule has 5 heteroatoms. The first-order valence-electron chi connectivity index (χ1n) is 7.71. The molecule has 0 radical (unpaired) electrons. The van der Waals surface area contributed by atoms with Gasteiger partial charge in [0.2, 0.25) is 0 Å². The number of aryl methyl sites for hydroxylation is 1. The summed E-state index contributed by atoms with van der Waals surface area (Å²) in [7, 11) is 0. The predicted octanol–water partition coefficient (Wildman–Crippen LogP) is 3.93. The van der Waals surface area contributed by atoms with E-state index in [1.807, 2.05) is 61.5 Å². The van der Waals surface area contributed by atoms with E-state index in [-0.39, 0.29) is 5.91 Å². The van der Waals surface area contributed by atoms with E-state index in [0.29, 0.717) is 18.8 Å². The first-order chi connectivity index (χ1) is 11.7. The van der Waals surface area contributed by atoms with E-state index in [0.717, 1.165) is 16.3 Å². The molecule has 0 atom stereocenters. The zero-order valence-corrected chi connectivity index (χ0v) is 14.2. The summed E-state index contributed by atoms with van der Waals surface area (Å²) in [5.41, 5.74) is 2.65. The SMILES string of the molecule is Cc1ccc(OCCNC(=O)c2csc(-c3ccccc3)n2)cc1. The Labute approximate surface area is 145 Å². The maximum atomic E-state index is 12.1. The van der Waals surface area contributed by atoms with Crippen LogP contribution in [-0.2, 0) is 0 Å². The zero-order valence-electron chi connectivity index (χ0n) is 13.4. The van der Waals surface area contributed by atoms with Crippen LogP contribution in [-0.4, -0.2) is 24.0 Å². The molecule has 0 spiro atoms. The van der Waals surface area contributed by atoms with Gasteiger partial charge in [-0.2, -0.15) is 0 Å². The van der Waals surface area contributed by atoms with Gasteiger partial charge < -0.3 is 10.1 Å². The van der Waals surface area contributed by atoms with Gasteiger partial charge in [-0.05, 0) is 19.1 Å². The van der Waals surface area contributed by atoms with Crippen LogP contribution in [0.5, 0.6) is 5.75 Å². The number of rotatable bonds is 6. The molecule has 0 aliphatic carbocycles. The van der Waals surface area contributed by atoms with Gasteiger partial charge in [0.15, 0.2) is 0 Å². The van der Waals surface area contributed by atoms with Crippen LogP contribution in [0.2, 0.25) is 0 Å². The van der Waals surface area contributed by atoms with E-state index in [4.69, 9.17) is 4.74 Å². The number of benzene rings is 2. The van der Waals surface area contributed by atoms with Crippen molar-refractivity contribution in [2.24, 2.45) is 0 Å². The van der Waals surface area contributed by atoms with Gasteiger partial charge in [-0.25, -0.2) is 4.98 Å². The number of carbonyl (C=O) groups excluding carboxylic acids is 1. The van der Waals surface area contributed by atoms with Crippen molar-refractivity contribution >= 4 is 17.2 Å². The number of thiazole rings is 1. The van der Waals surface area contributed by atoms with Crippen LogP contribution < -0.4 is 10.1 Å². The van der Waals surface area contributed by atoms with Crippen molar-refractivity contribution in [2.75, 3.05) is 13.2 Å². The van der Waals surface area contributed by atoms with Crippen LogP contribution in [0.4, 0.5) is 0 Å². The molecule has 122 valence electrons. The van der Waals surface area contributed by atoms with Crippen LogP contribution in [0.15, 0.2) is 60.0 Å². The third kappa shape index (κ3) is 4.20. The molecule has 1 N–H and O–H groups in total. The number of aromatic nitrogens is 1. The van der Waals surface area contributed by atoms with Gasteiger partial charge in [-0.1, -0.05) is 48.0 Å². The van der Waals surface area contributed by atoms with Crippen LogP contribution in [0, 0.1) is 6.92 Å². The van der Waals surface area contributed by atoms with Gasteiger partial charge in [0.1, 0.15) is 23.1 Å². The lowest BCUT2D eigenvalue weighted by Gasteiger charge is -2.07. The van der Waals surface area contributed by atoms with E-state index in [1.54, 1.807) is 5.38 Å². The highest BCUT2D eigenvalue weighted by atomic mass is 32.1. The second-order valence-corrected chi connectivity index (χ2v) is 6.18. The Morgan fingerprint density at radius 3 is 2.62 bits per heavy atom. The molecule has 0 bridgehead atoms. The second-order valence-electron chi connectivity index (χ2n) is 5.32. The molecule has 0 saturated heterocycles. The van der Waals surface area contributed by atoms with Gasteiger partial charge in [-0.3, -0.25) is 4.79 Å².